The Hall–Kier alpha value is -3.15. The van der Waals surface area contributed by atoms with Gasteiger partial charge in [-0.25, -0.2) is 0 Å². The molecule has 174 valence electrons. The van der Waals surface area contributed by atoms with Crippen molar-refractivity contribution in [2.75, 3.05) is 19.8 Å². The van der Waals surface area contributed by atoms with E-state index in [0.29, 0.717) is 41.2 Å². The lowest BCUT2D eigenvalue weighted by Crippen LogP contribution is -2.60. The van der Waals surface area contributed by atoms with Crippen LogP contribution in [0.3, 0.4) is 0 Å². The summed E-state index contributed by atoms with van der Waals surface area (Å²) in [6.45, 7) is 0.331. The van der Waals surface area contributed by atoms with E-state index in [4.69, 9.17) is 23.4 Å². The maximum absolute atomic E-state index is 13.1. The van der Waals surface area contributed by atoms with Crippen LogP contribution in [0.25, 0.3) is 22.1 Å². The normalized spacial score (nSPS) is 26.8. The molecule has 1 fully saturated rings. The Labute approximate surface area is 187 Å². The molecule has 10 nitrogen and oxygen atoms in total. The maximum Gasteiger partial charge on any atom is 0.229 e. The Bertz CT molecular complexity index is 1220. The van der Waals surface area contributed by atoms with Crippen molar-refractivity contribution in [2.24, 2.45) is 0 Å². The van der Waals surface area contributed by atoms with Crippen molar-refractivity contribution >= 4 is 11.0 Å². The molecule has 10 heteroatoms. The van der Waals surface area contributed by atoms with E-state index in [-0.39, 0.29) is 16.8 Å². The third-order valence-corrected chi connectivity index (χ3v) is 5.70. The molecule has 0 radical (unpaired) electrons. The van der Waals surface area contributed by atoms with E-state index in [1.165, 1.54) is 24.5 Å². The first-order valence-corrected chi connectivity index (χ1v) is 10.4. The number of aliphatic hydroxyl groups excluding tert-OH is 4. The summed E-state index contributed by atoms with van der Waals surface area (Å²) in [6.07, 6.45) is -5.70. The van der Waals surface area contributed by atoms with Gasteiger partial charge < -0.3 is 43.8 Å². The predicted molar refractivity (Wildman–Crippen MR) is 113 cm³/mol. The van der Waals surface area contributed by atoms with E-state index in [9.17, 15) is 25.2 Å². The second-order valence-electron chi connectivity index (χ2n) is 7.81. The summed E-state index contributed by atoms with van der Waals surface area (Å²) in [5.74, 6) is 1.37. The van der Waals surface area contributed by atoms with Crippen LogP contribution < -0.4 is 19.6 Å². The molecule has 0 saturated carbocycles. The monoisotopic (exact) mass is 458 g/mol. The van der Waals surface area contributed by atoms with E-state index in [2.05, 4.69) is 0 Å². The minimum absolute atomic E-state index is 0.196. The highest BCUT2D eigenvalue weighted by Crippen LogP contribution is 2.34. The van der Waals surface area contributed by atoms with Gasteiger partial charge in [-0.3, -0.25) is 4.79 Å². The molecule has 5 rings (SSSR count). The number of benzene rings is 2. The van der Waals surface area contributed by atoms with Gasteiger partial charge in [0.1, 0.15) is 55.2 Å². The molecule has 1 saturated heterocycles. The first-order chi connectivity index (χ1) is 16.0. The number of fused-ring (bicyclic) bond motifs is 2. The van der Waals surface area contributed by atoms with E-state index in [0.717, 1.165) is 0 Å². The highest BCUT2D eigenvalue weighted by molar-refractivity contribution is 5.83. The molecular weight excluding hydrogens is 436 g/mol. The molecule has 0 spiro atoms. The van der Waals surface area contributed by atoms with Crippen molar-refractivity contribution in [3.63, 3.8) is 0 Å². The number of ether oxygens (including phenoxy) is 4. The Kier molecular flexibility index (Phi) is 5.69. The van der Waals surface area contributed by atoms with Gasteiger partial charge in [-0.2, -0.15) is 0 Å². The molecule has 33 heavy (non-hydrogen) atoms. The van der Waals surface area contributed by atoms with Crippen molar-refractivity contribution in [3.05, 3.63) is 52.9 Å². The second kappa shape index (κ2) is 8.65. The van der Waals surface area contributed by atoms with E-state index in [1.54, 1.807) is 18.2 Å². The van der Waals surface area contributed by atoms with Crippen LogP contribution in [0.4, 0.5) is 0 Å². The maximum atomic E-state index is 13.1. The lowest BCUT2D eigenvalue weighted by atomic mass is 9.99. The van der Waals surface area contributed by atoms with Gasteiger partial charge >= 0.3 is 0 Å². The van der Waals surface area contributed by atoms with Gasteiger partial charge in [0.25, 0.3) is 0 Å². The van der Waals surface area contributed by atoms with Crippen LogP contribution in [-0.2, 0) is 4.74 Å². The third kappa shape index (κ3) is 3.92. The fraction of sp³-hybridized carbons (Fsp3) is 0.348. The summed E-state index contributed by atoms with van der Waals surface area (Å²) in [4.78, 5) is 13.1. The van der Waals surface area contributed by atoms with Crippen LogP contribution in [0.1, 0.15) is 0 Å². The molecule has 4 N–H and O–H groups in total. The summed E-state index contributed by atoms with van der Waals surface area (Å²) in [5, 5.41) is 39.6. The highest BCUT2D eigenvalue weighted by atomic mass is 16.7. The van der Waals surface area contributed by atoms with Crippen molar-refractivity contribution in [1.82, 2.24) is 0 Å². The molecule has 2 aliphatic rings. The van der Waals surface area contributed by atoms with Gasteiger partial charge in [0.15, 0.2) is 16.9 Å². The molecule has 3 aromatic rings. The molecule has 5 atom stereocenters. The van der Waals surface area contributed by atoms with Crippen LogP contribution in [0.5, 0.6) is 17.2 Å². The summed E-state index contributed by atoms with van der Waals surface area (Å²) in [7, 11) is 0. The molecule has 0 amide bonds. The zero-order valence-corrected chi connectivity index (χ0v) is 17.3. The molecule has 1 aromatic heterocycles. The van der Waals surface area contributed by atoms with E-state index >= 15 is 0 Å². The Morgan fingerprint density at radius 3 is 2.52 bits per heavy atom. The number of hydrogen-bond donors (Lipinski definition) is 4. The lowest BCUT2D eigenvalue weighted by Gasteiger charge is -2.39. The Morgan fingerprint density at radius 1 is 0.939 bits per heavy atom. The van der Waals surface area contributed by atoms with Gasteiger partial charge in [-0.15, -0.1) is 0 Å². The molecule has 0 bridgehead atoms. The second-order valence-corrected chi connectivity index (χ2v) is 7.81. The van der Waals surface area contributed by atoms with Gasteiger partial charge in [-0.05, 0) is 29.8 Å². The van der Waals surface area contributed by atoms with Gasteiger partial charge in [-0.1, -0.05) is 6.07 Å². The third-order valence-electron chi connectivity index (χ3n) is 5.70. The molecule has 0 aliphatic carbocycles. The van der Waals surface area contributed by atoms with E-state index < -0.39 is 37.3 Å². The summed E-state index contributed by atoms with van der Waals surface area (Å²) < 4.78 is 27.7. The highest BCUT2D eigenvalue weighted by Gasteiger charge is 2.44. The largest absolute Gasteiger partial charge is 0.486 e. The SMILES string of the molecule is O=c1c(-c2ccc3c(c2)OCCO3)coc2cc(O[C@H]3O[C@@H](CO)[C@H](O)[C@@H](O)[C@@H]3O)ccc12. The van der Waals surface area contributed by atoms with Crippen LogP contribution >= 0.6 is 0 Å². The first kappa shape index (κ1) is 21.7. The summed E-state index contributed by atoms with van der Waals surface area (Å²) >= 11 is 0. The fourth-order valence-electron chi connectivity index (χ4n) is 3.89. The Balaban J connectivity index is 1.42. The summed E-state index contributed by atoms with van der Waals surface area (Å²) in [5.41, 5.74) is 0.953. The minimum Gasteiger partial charge on any atom is -0.486 e. The summed E-state index contributed by atoms with van der Waals surface area (Å²) in [6, 6.07) is 9.68. The predicted octanol–water partition coefficient (Wildman–Crippen LogP) is 0.410. The lowest BCUT2D eigenvalue weighted by molar-refractivity contribution is -0.277. The smallest absolute Gasteiger partial charge is 0.229 e. The van der Waals surface area contributed by atoms with Crippen LogP contribution in [0.15, 0.2) is 51.9 Å². The minimum atomic E-state index is -1.56. The zero-order valence-electron chi connectivity index (χ0n) is 17.3. The zero-order chi connectivity index (χ0) is 23.1. The van der Waals surface area contributed by atoms with Gasteiger partial charge in [0.2, 0.25) is 6.29 Å². The van der Waals surface area contributed by atoms with Crippen molar-refractivity contribution in [2.45, 2.75) is 30.7 Å². The topological polar surface area (TPSA) is 148 Å². The van der Waals surface area contributed by atoms with Crippen molar-refractivity contribution < 1.29 is 43.8 Å². The van der Waals surface area contributed by atoms with Crippen LogP contribution in [0.2, 0.25) is 0 Å². The quantitative estimate of drug-likeness (QED) is 0.433. The molecule has 0 unspecified atom stereocenters. The van der Waals surface area contributed by atoms with Crippen LogP contribution in [0, 0.1) is 0 Å². The fourth-order valence-corrected chi connectivity index (χ4v) is 3.89. The van der Waals surface area contributed by atoms with Crippen LogP contribution in [-0.4, -0.2) is 71.0 Å². The van der Waals surface area contributed by atoms with E-state index in [1.807, 2.05) is 0 Å². The molecule has 2 aromatic carbocycles. The number of hydrogen-bond acceptors (Lipinski definition) is 10. The molecular formula is C23H22O10. The Morgan fingerprint density at radius 2 is 1.73 bits per heavy atom. The average molecular weight is 458 g/mol. The standard InChI is InChI=1S/C23H22O10/c24-9-18-20(26)21(27)22(28)23(33-18)32-12-2-3-13-16(8-12)31-10-14(19(13)25)11-1-4-15-17(7-11)30-6-5-29-15/h1-4,7-8,10,18,20-24,26-28H,5-6,9H2/t18-,20-,21+,22-,23-/m0/s1. The first-order valence-electron chi connectivity index (χ1n) is 10.4. The average Bonchev–Trinajstić information content (AvgIpc) is 2.84. The van der Waals surface area contributed by atoms with Gasteiger partial charge in [0.05, 0.1) is 17.6 Å². The van der Waals surface area contributed by atoms with Crippen molar-refractivity contribution in [3.8, 4) is 28.4 Å². The number of rotatable bonds is 4. The van der Waals surface area contributed by atoms with Gasteiger partial charge in [0, 0.05) is 6.07 Å². The van der Waals surface area contributed by atoms with Crippen molar-refractivity contribution in [1.29, 1.82) is 0 Å². The molecule has 2 aliphatic heterocycles. The molecule has 3 heterocycles. The number of aliphatic hydroxyl groups is 4.